The van der Waals surface area contributed by atoms with Gasteiger partial charge in [0.05, 0.1) is 0 Å². The first kappa shape index (κ1) is 7.54. The molecule has 10 heavy (non-hydrogen) atoms. The Labute approximate surface area is 59.3 Å². The minimum Gasteiger partial charge on any atom is -0.490 e. The van der Waals surface area contributed by atoms with Crippen molar-refractivity contribution >= 4 is 0 Å². The molecule has 2 atom stereocenters. The fourth-order valence-corrected chi connectivity index (χ4v) is 0.898. The maximum atomic E-state index is 12.6. The fraction of sp³-hybridized carbons (Fsp3) is 0.714. The van der Waals surface area contributed by atoms with Crippen LogP contribution in [0, 0.1) is 0 Å². The van der Waals surface area contributed by atoms with Crippen molar-refractivity contribution in [3.63, 3.8) is 0 Å². The van der Waals surface area contributed by atoms with Gasteiger partial charge in [0.1, 0.15) is 24.6 Å². The van der Waals surface area contributed by atoms with Crippen molar-refractivity contribution in [2.45, 2.75) is 25.6 Å². The molecule has 0 bridgehead atoms. The van der Waals surface area contributed by atoms with Gasteiger partial charge in [-0.2, -0.15) is 0 Å². The lowest BCUT2D eigenvalue weighted by molar-refractivity contribution is 0.0260. The van der Waals surface area contributed by atoms with Crippen LogP contribution in [-0.2, 0) is 4.74 Å². The van der Waals surface area contributed by atoms with Crippen LogP contribution >= 0.6 is 0 Å². The van der Waals surface area contributed by atoms with E-state index in [9.17, 15) is 4.39 Å². The van der Waals surface area contributed by atoms with Crippen LogP contribution in [-0.4, -0.2) is 24.0 Å². The molecule has 3 heteroatoms. The Bertz CT molecular complexity index is 145. The number of alkyl halides is 1. The first-order valence-corrected chi connectivity index (χ1v) is 3.34. The third-order valence-corrected chi connectivity index (χ3v) is 1.57. The van der Waals surface area contributed by atoms with Crippen molar-refractivity contribution in [2.75, 3.05) is 6.61 Å². The molecule has 1 aliphatic rings. The summed E-state index contributed by atoms with van der Waals surface area (Å²) in [5, 5.41) is 8.58. The molecule has 0 aromatic heterocycles. The molecular formula is C7H11FO2. The number of rotatable bonds is 1. The third kappa shape index (κ3) is 1.48. The minimum absolute atomic E-state index is 0.128. The smallest absolute Gasteiger partial charge is 0.140 e. The number of allylic oxidation sites excluding steroid dienone is 1. The lowest BCUT2D eigenvalue weighted by atomic mass is 10.1. The molecule has 0 saturated heterocycles. The van der Waals surface area contributed by atoms with Crippen molar-refractivity contribution < 1.29 is 14.2 Å². The predicted molar refractivity (Wildman–Crippen MR) is 35.2 cm³/mol. The molecule has 58 valence electrons. The van der Waals surface area contributed by atoms with E-state index < -0.39 is 12.3 Å². The highest BCUT2D eigenvalue weighted by Gasteiger charge is 2.21. The Morgan fingerprint density at radius 1 is 1.90 bits per heavy atom. The molecule has 2 nitrogen and oxygen atoms in total. The van der Waals surface area contributed by atoms with E-state index in [1.165, 1.54) is 0 Å². The first-order valence-electron chi connectivity index (χ1n) is 3.34. The van der Waals surface area contributed by atoms with E-state index in [2.05, 4.69) is 0 Å². The van der Waals surface area contributed by atoms with Crippen LogP contribution in [0.2, 0.25) is 0 Å². The Hall–Kier alpha value is -0.570. The van der Waals surface area contributed by atoms with E-state index in [0.29, 0.717) is 12.2 Å². The summed E-state index contributed by atoms with van der Waals surface area (Å²) in [6.45, 7) is 1.53. The number of aliphatic hydroxyl groups is 1. The molecule has 0 amide bonds. The molecule has 0 aliphatic carbocycles. The predicted octanol–water partition coefficient (Wildman–Crippen LogP) is 1.01. The molecule has 0 unspecified atom stereocenters. The van der Waals surface area contributed by atoms with Crippen LogP contribution in [0.25, 0.3) is 0 Å². The number of ether oxygens (including phenoxy) is 1. The summed E-state index contributed by atoms with van der Waals surface area (Å²) in [5.41, 5.74) is 0. The maximum Gasteiger partial charge on any atom is 0.140 e. The Morgan fingerprint density at radius 2 is 2.60 bits per heavy atom. The highest BCUT2D eigenvalue weighted by Crippen LogP contribution is 2.18. The van der Waals surface area contributed by atoms with Gasteiger partial charge in [-0.05, 0) is 13.0 Å². The monoisotopic (exact) mass is 146 g/mol. The summed E-state index contributed by atoms with van der Waals surface area (Å²) in [6, 6.07) is 0. The van der Waals surface area contributed by atoms with Crippen LogP contribution in [0.3, 0.4) is 0 Å². The number of halogens is 1. The standard InChI is InChI=1S/C7H11FO2/c1-5-7(8)3-2-6(4-9)10-5/h2,5,7,9H,3-4H2,1H3/t5-,7-/m1/s1. The molecule has 0 aromatic carbocycles. The Kier molecular flexibility index (Phi) is 2.27. The highest BCUT2D eigenvalue weighted by atomic mass is 19.1. The largest absolute Gasteiger partial charge is 0.490 e. The first-order chi connectivity index (χ1) is 4.74. The molecule has 0 fully saturated rings. The fourth-order valence-electron chi connectivity index (χ4n) is 0.898. The Morgan fingerprint density at radius 3 is 3.10 bits per heavy atom. The van der Waals surface area contributed by atoms with E-state index in [-0.39, 0.29) is 6.61 Å². The summed E-state index contributed by atoms with van der Waals surface area (Å²) < 4.78 is 17.6. The lowest BCUT2D eigenvalue weighted by Crippen LogP contribution is -2.26. The molecule has 1 aliphatic heterocycles. The summed E-state index contributed by atoms with van der Waals surface area (Å²) in [4.78, 5) is 0. The van der Waals surface area contributed by atoms with Gasteiger partial charge in [-0.3, -0.25) is 0 Å². The second kappa shape index (κ2) is 3.01. The SMILES string of the molecule is C[C@H]1OC(CO)=CC[C@H]1F. The molecule has 0 spiro atoms. The van der Waals surface area contributed by atoms with Gasteiger partial charge in [0, 0.05) is 6.42 Å². The van der Waals surface area contributed by atoms with E-state index in [0.717, 1.165) is 0 Å². The van der Waals surface area contributed by atoms with Gasteiger partial charge in [-0.1, -0.05) is 0 Å². The zero-order chi connectivity index (χ0) is 7.56. The second-order valence-electron chi connectivity index (χ2n) is 2.40. The topological polar surface area (TPSA) is 29.5 Å². The molecule has 0 radical (unpaired) electrons. The average molecular weight is 146 g/mol. The quantitative estimate of drug-likeness (QED) is 0.598. The van der Waals surface area contributed by atoms with Gasteiger partial charge in [-0.25, -0.2) is 4.39 Å². The van der Waals surface area contributed by atoms with Gasteiger partial charge in [0.15, 0.2) is 0 Å². The van der Waals surface area contributed by atoms with Crippen LogP contribution in [0.4, 0.5) is 4.39 Å². The molecule has 1 rings (SSSR count). The van der Waals surface area contributed by atoms with Crippen molar-refractivity contribution in [3.05, 3.63) is 11.8 Å². The van der Waals surface area contributed by atoms with Crippen molar-refractivity contribution in [1.82, 2.24) is 0 Å². The molecule has 1 N–H and O–H groups in total. The average Bonchev–Trinajstić information content (AvgIpc) is 1.95. The zero-order valence-electron chi connectivity index (χ0n) is 5.88. The lowest BCUT2D eigenvalue weighted by Gasteiger charge is -2.23. The Balaban J connectivity index is 2.52. The van der Waals surface area contributed by atoms with E-state index in [1.54, 1.807) is 13.0 Å². The van der Waals surface area contributed by atoms with Crippen LogP contribution in [0.5, 0.6) is 0 Å². The summed E-state index contributed by atoms with van der Waals surface area (Å²) >= 11 is 0. The van der Waals surface area contributed by atoms with Crippen LogP contribution in [0.15, 0.2) is 11.8 Å². The molecular weight excluding hydrogens is 135 g/mol. The number of aliphatic hydroxyl groups excluding tert-OH is 1. The summed E-state index contributed by atoms with van der Waals surface area (Å²) in [5.74, 6) is 0.487. The third-order valence-electron chi connectivity index (χ3n) is 1.57. The van der Waals surface area contributed by atoms with Gasteiger partial charge < -0.3 is 9.84 Å². The molecule has 1 heterocycles. The van der Waals surface area contributed by atoms with Gasteiger partial charge in [0.25, 0.3) is 0 Å². The van der Waals surface area contributed by atoms with E-state index in [1.807, 2.05) is 0 Å². The van der Waals surface area contributed by atoms with Crippen molar-refractivity contribution in [1.29, 1.82) is 0 Å². The summed E-state index contributed by atoms with van der Waals surface area (Å²) in [6.07, 6.45) is 0.615. The van der Waals surface area contributed by atoms with Gasteiger partial charge in [0.2, 0.25) is 0 Å². The van der Waals surface area contributed by atoms with Crippen molar-refractivity contribution in [3.8, 4) is 0 Å². The molecule has 0 aromatic rings. The maximum absolute atomic E-state index is 12.6. The second-order valence-corrected chi connectivity index (χ2v) is 2.40. The number of hydrogen-bond donors (Lipinski definition) is 1. The van der Waals surface area contributed by atoms with Crippen LogP contribution < -0.4 is 0 Å². The van der Waals surface area contributed by atoms with E-state index >= 15 is 0 Å². The number of hydrogen-bond acceptors (Lipinski definition) is 2. The van der Waals surface area contributed by atoms with Gasteiger partial charge in [-0.15, -0.1) is 0 Å². The molecule has 0 saturated carbocycles. The van der Waals surface area contributed by atoms with Gasteiger partial charge >= 0.3 is 0 Å². The van der Waals surface area contributed by atoms with E-state index in [4.69, 9.17) is 9.84 Å². The minimum atomic E-state index is -0.921. The summed E-state index contributed by atoms with van der Waals surface area (Å²) in [7, 11) is 0. The highest BCUT2D eigenvalue weighted by molar-refractivity contribution is 5.00. The van der Waals surface area contributed by atoms with Crippen molar-refractivity contribution in [2.24, 2.45) is 0 Å². The zero-order valence-corrected chi connectivity index (χ0v) is 5.88. The normalized spacial score (nSPS) is 32.9. The van der Waals surface area contributed by atoms with Crippen LogP contribution in [0.1, 0.15) is 13.3 Å².